The molecule has 166 valence electrons. The summed E-state index contributed by atoms with van der Waals surface area (Å²) in [5, 5.41) is 11.6. The van der Waals surface area contributed by atoms with E-state index >= 15 is 0 Å². The molecule has 1 heterocycles. The van der Waals surface area contributed by atoms with Crippen LogP contribution in [0, 0.1) is 11.3 Å². The molecule has 1 aromatic carbocycles. The van der Waals surface area contributed by atoms with E-state index in [0.717, 1.165) is 12.8 Å². The largest absolute Gasteiger partial charge is 0.383 e. The Morgan fingerprint density at radius 3 is 2.61 bits per heavy atom. The third-order valence-electron chi connectivity index (χ3n) is 4.74. The van der Waals surface area contributed by atoms with E-state index in [0.29, 0.717) is 30.9 Å². The van der Waals surface area contributed by atoms with Crippen LogP contribution in [0.25, 0.3) is 0 Å². The molecule has 0 atom stereocenters. The zero-order chi connectivity index (χ0) is 22.8. The predicted molar refractivity (Wildman–Crippen MR) is 119 cm³/mol. The SMILES string of the molecule is CCCCn1c(N)c(N(CCOC)CCC(=O)Nc2ccc(C#N)cc2)c(=O)[nH]c1=O. The first-order chi connectivity index (χ1) is 14.9. The van der Waals surface area contributed by atoms with Gasteiger partial charge < -0.3 is 20.7 Å². The van der Waals surface area contributed by atoms with Crippen molar-refractivity contribution in [2.24, 2.45) is 0 Å². The van der Waals surface area contributed by atoms with Crippen molar-refractivity contribution >= 4 is 23.1 Å². The van der Waals surface area contributed by atoms with Crippen molar-refractivity contribution in [2.45, 2.75) is 32.7 Å². The number of ether oxygens (including phenoxy) is 1. The zero-order valence-electron chi connectivity index (χ0n) is 17.8. The van der Waals surface area contributed by atoms with Gasteiger partial charge in [-0.1, -0.05) is 13.3 Å². The number of carbonyl (C=O) groups excluding carboxylic acids is 1. The van der Waals surface area contributed by atoms with E-state index in [2.05, 4.69) is 10.3 Å². The number of methoxy groups -OCH3 is 1. The summed E-state index contributed by atoms with van der Waals surface area (Å²) in [6.45, 7) is 3.21. The first kappa shape index (κ1) is 23.7. The van der Waals surface area contributed by atoms with Gasteiger partial charge in [-0.2, -0.15) is 5.26 Å². The van der Waals surface area contributed by atoms with Gasteiger partial charge in [0.1, 0.15) is 11.5 Å². The minimum atomic E-state index is -0.598. The van der Waals surface area contributed by atoms with E-state index in [1.54, 1.807) is 29.2 Å². The van der Waals surface area contributed by atoms with Crippen LogP contribution in [-0.2, 0) is 16.1 Å². The number of benzene rings is 1. The molecule has 1 amide bonds. The van der Waals surface area contributed by atoms with Gasteiger partial charge in [0, 0.05) is 38.9 Å². The number of unbranched alkanes of at least 4 members (excludes halogenated alkanes) is 1. The smallest absolute Gasteiger partial charge is 0.330 e. The fraction of sp³-hybridized carbons (Fsp3) is 0.429. The number of H-pyrrole nitrogens is 1. The minimum absolute atomic E-state index is 0.0748. The normalized spacial score (nSPS) is 10.5. The summed E-state index contributed by atoms with van der Waals surface area (Å²) in [6.07, 6.45) is 1.68. The summed E-state index contributed by atoms with van der Waals surface area (Å²) in [4.78, 5) is 41.1. The lowest BCUT2D eigenvalue weighted by atomic mass is 10.2. The Balaban J connectivity index is 2.19. The van der Waals surface area contributed by atoms with Gasteiger partial charge in [0.05, 0.1) is 18.2 Å². The van der Waals surface area contributed by atoms with Gasteiger partial charge in [-0.05, 0) is 30.7 Å². The van der Waals surface area contributed by atoms with Gasteiger partial charge in [-0.3, -0.25) is 19.1 Å². The molecule has 2 rings (SSSR count). The third-order valence-corrected chi connectivity index (χ3v) is 4.74. The molecule has 0 radical (unpaired) electrons. The Bertz CT molecular complexity index is 1040. The molecule has 4 N–H and O–H groups in total. The highest BCUT2D eigenvalue weighted by atomic mass is 16.5. The minimum Gasteiger partial charge on any atom is -0.383 e. The van der Waals surface area contributed by atoms with Crippen LogP contribution in [0.15, 0.2) is 33.9 Å². The number of carbonyl (C=O) groups is 1. The number of amides is 1. The lowest BCUT2D eigenvalue weighted by molar-refractivity contribution is -0.116. The maximum Gasteiger partial charge on any atom is 0.330 e. The maximum atomic E-state index is 12.5. The van der Waals surface area contributed by atoms with Crippen LogP contribution in [0.1, 0.15) is 31.7 Å². The molecule has 0 fully saturated rings. The second kappa shape index (κ2) is 11.6. The number of hydrogen-bond acceptors (Lipinski definition) is 7. The lowest BCUT2D eigenvalue weighted by Gasteiger charge is -2.25. The Hall–Kier alpha value is -3.58. The Labute approximate surface area is 180 Å². The highest BCUT2D eigenvalue weighted by Crippen LogP contribution is 2.18. The lowest BCUT2D eigenvalue weighted by Crippen LogP contribution is -2.40. The molecule has 0 saturated heterocycles. The van der Waals surface area contributed by atoms with Gasteiger partial charge in [0.15, 0.2) is 0 Å². The molecule has 31 heavy (non-hydrogen) atoms. The average Bonchev–Trinajstić information content (AvgIpc) is 2.75. The summed E-state index contributed by atoms with van der Waals surface area (Å²) >= 11 is 0. The predicted octanol–water partition coefficient (Wildman–Crippen LogP) is 1.27. The third kappa shape index (κ3) is 6.45. The van der Waals surface area contributed by atoms with Crippen molar-refractivity contribution in [1.82, 2.24) is 9.55 Å². The number of anilines is 3. The highest BCUT2D eigenvalue weighted by Gasteiger charge is 2.19. The number of aromatic amines is 1. The molecule has 0 aliphatic carbocycles. The standard InChI is InChI=1S/C21H28N6O4/c1-3-4-10-27-19(23)18(20(29)25-21(27)30)26(12-13-31-2)11-9-17(28)24-16-7-5-15(14-22)6-8-16/h5-8H,3-4,9-13,23H2,1-2H3,(H,24,28)(H,25,29,30). The van der Waals surface area contributed by atoms with E-state index < -0.39 is 11.2 Å². The van der Waals surface area contributed by atoms with Gasteiger partial charge in [0.25, 0.3) is 5.56 Å². The average molecular weight is 428 g/mol. The summed E-state index contributed by atoms with van der Waals surface area (Å²) in [5.41, 5.74) is 6.26. The van der Waals surface area contributed by atoms with Crippen LogP contribution in [0.3, 0.4) is 0 Å². The molecule has 10 heteroatoms. The molecular weight excluding hydrogens is 400 g/mol. The van der Waals surface area contributed by atoms with Crippen LogP contribution in [0.2, 0.25) is 0 Å². The van der Waals surface area contributed by atoms with Gasteiger partial charge in [0.2, 0.25) is 5.91 Å². The molecule has 2 aromatic rings. The Morgan fingerprint density at radius 1 is 1.29 bits per heavy atom. The zero-order valence-corrected chi connectivity index (χ0v) is 17.8. The van der Waals surface area contributed by atoms with Crippen molar-refractivity contribution in [2.75, 3.05) is 42.8 Å². The second-order valence-electron chi connectivity index (χ2n) is 6.97. The van der Waals surface area contributed by atoms with Crippen LogP contribution in [-0.4, -0.2) is 42.3 Å². The maximum absolute atomic E-state index is 12.5. The first-order valence-corrected chi connectivity index (χ1v) is 10.1. The summed E-state index contributed by atoms with van der Waals surface area (Å²) < 4.78 is 6.47. The van der Waals surface area contributed by atoms with Crippen LogP contribution < -0.4 is 27.2 Å². The summed E-state index contributed by atoms with van der Waals surface area (Å²) in [7, 11) is 1.53. The van der Waals surface area contributed by atoms with Crippen LogP contribution in [0.4, 0.5) is 17.2 Å². The molecule has 0 saturated carbocycles. The van der Waals surface area contributed by atoms with Gasteiger partial charge in [-0.25, -0.2) is 4.79 Å². The monoisotopic (exact) mass is 428 g/mol. The molecule has 0 aliphatic rings. The Kier molecular flexibility index (Phi) is 8.84. The molecule has 1 aromatic heterocycles. The van der Waals surface area contributed by atoms with E-state index in [-0.39, 0.29) is 30.4 Å². The molecule has 0 spiro atoms. The van der Waals surface area contributed by atoms with Crippen LogP contribution >= 0.6 is 0 Å². The van der Waals surface area contributed by atoms with E-state index in [1.165, 1.54) is 11.7 Å². The van der Waals surface area contributed by atoms with E-state index in [9.17, 15) is 14.4 Å². The van der Waals surface area contributed by atoms with E-state index in [4.69, 9.17) is 15.7 Å². The van der Waals surface area contributed by atoms with Crippen molar-refractivity contribution in [3.8, 4) is 6.07 Å². The first-order valence-electron chi connectivity index (χ1n) is 10.1. The van der Waals surface area contributed by atoms with E-state index in [1.807, 2.05) is 13.0 Å². The number of hydrogen-bond donors (Lipinski definition) is 3. The van der Waals surface area contributed by atoms with Crippen LogP contribution in [0.5, 0.6) is 0 Å². The number of rotatable bonds is 11. The summed E-state index contributed by atoms with van der Waals surface area (Å²) in [5.74, 6) is -0.188. The topological polar surface area (TPSA) is 146 Å². The molecule has 0 aliphatic heterocycles. The molecule has 0 bridgehead atoms. The fourth-order valence-electron chi connectivity index (χ4n) is 3.05. The fourth-order valence-corrected chi connectivity index (χ4v) is 3.05. The number of nitrogens with two attached hydrogens (primary N) is 1. The Morgan fingerprint density at radius 2 is 2.00 bits per heavy atom. The number of nitrogens with zero attached hydrogens (tertiary/aromatic N) is 3. The number of nitrogens with one attached hydrogen (secondary N) is 2. The number of nitrogen functional groups attached to an aromatic ring is 1. The van der Waals surface area contributed by atoms with Crippen molar-refractivity contribution in [3.63, 3.8) is 0 Å². The van der Waals surface area contributed by atoms with Crippen molar-refractivity contribution in [1.29, 1.82) is 5.26 Å². The van der Waals surface area contributed by atoms with Gasteiger partial charge >= 0.3 is 5.69 Å². The molecular formula is C21H28N6O4. The number of aromatic nitrogens is 2. The second-order valence-corrected chi connectivity index (χ2v) is 6.97. The molecule has 0 unspecified atom stereocenters. The summed E-state index contributed by atoms with van der Waals surface area (Å²) in [6, 6.07) is 8.53. The van der Waals surface area contributed by atoms with Crippen molar-refractivity contribution < 1.29 is 9.53 Å². The molecule has 10 nitrogen and oxygen atoms in total. The van der Waals surface area contributed by atoms with Gasteiger partial charge in [-0.15, -0.1) is 0 Å². The quantitative estimate of drug-likeness (QED) is 0.488. The number of nitriles is 1. The van der Waals surface area contributed by atoms with Crippen molar-refractivity contribution in [3.05, 3.63) is 50.7 Å². The highest BCUT2D eigenvalue weighted by molar-refractivity contribution is 5.91.